The van der Waals surface area contributed by atoms with Gasteiger partial charge < -0.3 is 5.32 Å². The van der Waals surface area contributed by atoms with Crippen LogP contribution in [0.3, 0.4) is 0 Å². The topological polar surface area (TPSA) is 67.2 Å². The Bertz CT molecular complexity index is 707. The first-order chi connectivity index (χ1) is 9.99. The van der Waals surface area contributed by atoms with E-state index in [0.717, 1.165) is 16.9 Å². The van der Waals surface area contributed by atoms with Gasteiger partial charge in [0.2, 0.25) is 0 Å². The zero-order valence-corrected chi connectivity index (χ0v) is 12.6. The van der Waals surface area contributed by atoms with E-state index in [0.29, 0.717) is 17.2 Å². The quantitative estimate of drug-likeness (QED) is 0.871. The summed E-state index contributed by atoms with van der Waals surface area (Å²) in [7, 11) is 0. The number of aliphatic imine (C=N–C) groups is 1. The predicted octanol–water partition coefficient (Wildman–Crippen LogP) is 3.52. The van der Waals surface area contributed by atoms with Gasteiger partial charge in [0.1, 0.15) is 12.0 Å². The number of nitrogens with one attached hydrogen (secondary N) is 1. The molecular formula is C16H18N4O. The highest BCUT2D eigenvalue weighted by atomic mass is 16.1. The molecule has 1 N–H and O–H groups in total. The lowest BCUT2D eigenvalue weighted by molar-refractivity contribution is -0.111. The van der Waals surface area contributed by atoms with Gasteiger partial charge in [-0.25, -0.2) is 15.0 Å². The summed E-state index contributed by atoms with van der Waals surface area (Å²) < 4.78 is 0. The Labute approximate surface area is 124 Å². The Morgan fingerprint density at radius 2 is 1.86 bits per heavy atom. The van der Waals surface area contributed by atoms with Crippen LogP contribution >= 0.6 is 0 Å². The number of carbonyl (C=O) groups is 1. The number of rotatable bonds is 4. The highest BCUT2D eigenvalue weighted by molar-refractivity contribution is 6.38. The van der Waals surface area contributed by atoms with Gasteiger partial charge in [0.25, 0.3) is 0 Å². The molecule has 0 spiro atoms. The van der Waals surface area contributed by atoms with Crippen molar-refractivity contribution in [2.75, 3.05) is 5.32 Å². The molecule has 108 valence electrons. The Hall–Kier alpha value is -2.56. The number of nitrogens with zero attached hydrogens (tertiary/aromatic N) is 3. The van der Waals surface area contributed by atoms with Crippen LogP contribution in [0.25, 0.3) is 0 Å². The predicted molar refractivity (Wildman–Crippen MR) is 84.7 cm³/mol. The first-order valence-electron chi connectivity index (χ1n) is 6.69. The van der Waals surface area contributed by atoms with Gasteiger partial charge in [0.15, 0.2) is 11.6 Å². The second-order valence-corrected chi connectivity index (χ2v) is 4.85. The minimum Gasteiger partial charge on any atom is -0.338 e. The third-order valence-electron chi connectivity index (χ3n) is 3.19. The van der Waals surface area contributed by atoms with E-state index in [9.17, 15) is 4.79 Å². The number of benzene rings is 1. The molecule has 2 rings (SSSR count). The highest BCUT2D eigenvalue weighted by Gasteiger charge is 2.10. The number of aryl methyl sites for hydroxylation is 2. The van der Waals surface area contributed by atoms with Crippen LogP contribution in [-0.2, 0) is 4.79 Å². The lowest BCUT2D eigenvalue weighted by Gasteiger charge is -2.12. The molecule has 1 aromatic heterocycles. The molecule has 2 aromatic rings. The number of hydrogen-bond acceptors (Lipinski definition) is 5. The van der Waals surface area contributed by atoms with Gasteiger partial charge in [-0.2, -0.15) is 0 Å². The van der Waals surface area contributed by atoms with Crippen molar-refractivity contribution in [2.45, 2.75) is 27.7 Å². The van der Waals surface area contributed by atoms with Crippen LogP contribution in [0.1, 0.15) is 25.1 Å². The van der Waals surface area contributed by atoms with Gasteiger partial charge >= 0.3 is 0 Å². The normalized spacial score (nSPS) is 11.3. The molecular weight excluding hydrogens is 264 g/mol. The molecule has 0 aliphatic rings. The number of anilines is 2. The molecule has 0 saturated carbocycles. The molecule has 0 aliphatic carbocycles. The van der Waals surface area contributed by atoms with Crippen LogP contribution in [0.5, 0.6) is 0 Å². The molecule has 0 unspecified atom stereocenters. The number of para-hydroxylation sites is 1. The summed E-state index contributed by atoms with van der Waals surface area (Å²) in [5.74, 6) is 0.525. The van der Waals surface area contributed by atoms with E-state index in [1.165, 1.54) is 13.3 Å². The van der Waals surface area contributed by atoms with Crippen molar-refractivity contribution in [1.29, 1.82) is 0 Å². The second kappa shape index (κ2) is 6.26. The standard InChI is InChI=1S/C16H18N4O/c1-10-7-5-6-8-14(10)20-16-15(12(3)17-9-18-16)19-11(2)13(4)21/h5-9H,1-4H3,(H,17,18,20)/b19-11+. The van der Waals surface area contributed by atoms with Crippen LogP contribution in [0, 0.1) is 13.8 Å². The summed E-state index contributed by atoms with van der Waals surface area (Å²) in [5, 5.41) is 3.26. The smallest absolute Gasteiger partial charge is 0.173 e. The average molecular weight is 282 g/mol. The maximum Gasteiger partial charge on any atom is 0.173 e. The van der Waals surface area contributed by atoms with Gasteiger partial charge in [-0.15, -0.1) is 0 Å². The number of Topliss-reactive ketones (excluding diaryl/α,β-unsaturated/α-hetero) is 1. The average Bonchev–Trinajstić information content (AvgIpc) is 2.44. The Kier molecular flexibility index (Phi) is 4.42. The number of aromatic nitrogens is 2. The zero-order valence-electron chi connectivity index (χ0n) is 12.6. The van der Waals surface area contributed by atoms with Crippen LogP contribution in [-0.4, -0.2) is 21.5 Å². The van der Waals surface area contributed by atoms with Gasteiger partial charge in [-0.3, -0.25) is 4.79 Å². The van der Waals surface area contributed by atoms with Crippen molar-refractivity contribution in [3.05, 3.63) is 41.9 Å². The monoisotopic (exact) mass is 282 g/mol. The molecule has 0 saturated heterocycles. The molecule has 5 nitrogen and oxygen atoms in total. The Morgan fingerprint density at radius 3 is 2.52 bits per heavy atom. The molecule has 21 heavy (non-hydrogen) atoms. The molecule has 1 aromatic carbocycles. The van der Waals surface area contributed by atoms with Crippen LogP contribution in [0.15, 0.2) is 35.6 Å². The molecule has 1 heterocycles. The fourth-order valence-corrected chi connectivity index (χ4v) is 1.78. The lowest BCUT2D eigenvalue weighted by atomic mass is 10.2. The van der Waals surface area contributed by atoms with Crippen molar-refractivity contribution in [3.63, 3.8) is 0 Å². The van der Waals surface area contributed by atoms with E-state index < -0.39 is 0 Å². The first-order valence-corrected chi connectivity index (χ1v) is 6.69. The summed E-state index contributed by atoms with van der Waals surface area (Å²) in [5.41, 5.74) is 3.80. The minimum absolute atomic E-state index is 0.0694. The summed E-state index contributed by atoms with van der Waals surface area (Å²) in [6.45, 7) is 7.04. The molecule has 5 heteroatoms. The molecule has 0 fully saturated rings. The maximum atomic E-state index is 11.4. The summed E-state index contributed by atoms with van der Waals surface area (Å²) in [6, 6.07) is 7.91. The van der Waals surface area contributed by atoms with Crippen molar-refractivity contribution >= 4 is 28.7 Å². The first kappa shape index (κ1) is 14.8. The molecule has 0 amide bonds. The van der Waals surface area contributed by atoms with Crippen molar-refractivity contribution in [3.8, 4) is 0 Å². The number of ketones is 1. The maximum absolute atomic E-state index is 11.4. The molecule has 0 atom stereocenters. The lowest BCUT2D eigenvalue weighted by Crippen LogP contribution is -2.05. The van der Waals surface area contributed by atoms with E-state index in [4.69, 9.17) is 0 Å². The van der Waals surface area contributed by atoms with E-state index in [1.807, 2.05) is 38.1 Å². The van der Waals surface area contributed by atoms with Crippen LogP contribution in [0.4, 0.5) is 17.2 Å². The molecule has 0 bridgehead atoms. The minimum atomic E-state index is -0.0694. The molecule has 0 radical (unpaired) electrons. The SMILES string of the molecule is CC(=O)/C(C)=N/c1c(C)ncnc1Nc1ccccc1C. The number of carbonyl (C=O) groups excluding carboxylic acids is 1. The summed E-state index contributed by atoms with van der Waals surface area (Å²) in [4.78, 5) is 24.1. The highest BCUT2D eigenvalue weighted by Crippen LogP contribution is 2.29. The fourth-order valence-electron chi connectivity index (χ4n) is 1.78. The Balaban J connectivity index is 2.46. The van der Waals surface area contributed by atoms with Crippen LogP contribution < -0.4 is 5.32 Å². The van der Waals surface area contributed by atoms with E-state index in [1.54, 1.807) is 6.92 Å². The van der Waals surface area contributed by atoms with E-state index in [-0.39, 0.29) is 5.78 Å². The van der Waals surface area contributed by atoms with Gasteiger partial charge in [-0.05, 0) is 32.4 Å². The third kappa shape index (κ3) is 3.51. The van der Waals surface area contributed by atoms with E-state index in [2.05, 4.69) is 20.3 Å². The summed E-state index contributed by atoms with van der Waals surface area (Å²) >= 11 is 0. The van der Waals surface area contributed by atoms with Gasteiger partial charge in [0, 0.05) is 12.6 Å². The zero-order chi connectivity index (χ0) is 15.4. The van der Waals surface area contributed by atoms with Crippen molar-refractivity contribution < 1.29 is 4.79 Å². The fraction of sp³-hybridized carbons (Fsp3) is 0.250. The Morgan fingerprint density at radius 1 is 1.14 bits per heavy atom. The van der Waals surface area contributed by atoms with Gasteiger partial charge in [0.05, 0.1) is 11.4 Å². The second-order valence-electron chi connectivity index (χ2n) is 4.85. The number of hydrogen-bond donors (Lipinski definition) is 1. The van der Waals surface area contributed by atoms with Crippen LogP contribution in [0.2, 0.25) is 0 Å². The molecule has 0 aliphatic heterocycles. The van der Waals surface area contributed by atoms with Gasteiger partial charge in [-0.1, -0.05) is 18.2 Å². The van der Waals surface area contributed by atoms with Crippen molar-refractivity contribution in [2.24, 2.45) is 4.99 Å². The van der Waals surface area contributed by atoms with E-state index >= 15 is 0 Å². The third-order valence-corrected chi connectivity index (χ3v) is 3.19. The largest absolute Gasteiger partial charge is 0.338 e. The van der Waals surface area contributed by atoms with Crippen molar-refractivity contribution in [1.82, 2.24) is 9.97 Å². The summed E-state index contributed by atoms with van der Waals surface area (Å²) in [6.07, 6.45) is 1.48.